The van der Waals surface area contributed by atoms with Crippen molar-refractivity contribution in [1.29, 1.82) is 0 Å². The zero-order valence-corrected chi connectivity index (χ0v) is 12.3. The zero-order valence-electron chi connectivity index (χ0n) is 12.3. The smallest absolute Gasteiger partial charge is 0.339 e. The minimum absolute atomic E-state index is 0.0737. The number of aromatic nitrogens is 1. The molecule has 1 heterocycles. The second-order valence-electron chi connectivity index (χ2n) is 4.47. The molecular formula is C15H15NO6. The molecule has 2 N–H and O–H groups in total. The van der Waals surface area contributed by atoms with Gasteiger partial charge in [0.25, 0.3) is 0 Å². The number of methoxy groups -OCH3 is 2. The fraction of sp³-hybridized carbons (Fsp3) is 0.200. The number of hydrogen-bond acceptors (Lipinski definition) is 6. The van der Waals surface area contributed by atoms with Crippen LogP contribution in [0, 0.1) is 6.92 Å². The Kier molecular flexibility index (Phi) is 4.36. The van der Waals surface area contributed by atoms with E-state index in [0.29, 0.717) is 11.3 Å². The van der Waals surface area contributed by atoms with Crippen LogP contribution in [0.4, 0.5) is 0 Å². The number of phenols is 1. The van der Waals surface area contributed by atoms with Crippen molar-refractivity contribution in [1.82, 2.24) is 5.16 Å². The predicted octanol–water partition coefficient (Wildman–Crippen LogP) is 2.33. The molecule has 7 nitrogen and oxygen atoms in total. The van der Waals surface area contributed by atoms with Crippen LogP contribution in [-0.4, -0.2) is 35.6 Å². The van der Waals surface area contributed by atoms with E-state index in [1.165, 1.54) is 38.5 Å². The molecular weight excluding hydrogens is 290 g/mol. The van der Waals surface area contributed by atoms with Crippen LogP contribution < -0.4 is 9.47 Å². The summed E-state index contributed by atoms with van der Waals surface area (Å²) in [6, 6.07) is 4.50. The van der Waals surface area contributed by atoms with Crippen molar-refractivity contribution in [3.63, 3.8) is 0 Å². The number of aliphatic carboxylic acids is 1. The number of ether oxygens (including phenoxy) is 2. The van der Waals surface area contributed by atoms with E-state index in [9.17, 15) is 15.0 Å². The van der Waals surface area contributed by atoms with Gasteiger partial charge >= 0.3 is 5.97 Å². The second kappa shape index (κ2) is 6.21. The molecule has 2 aromatic rings. The second-order valence-corrected chi connectivity index (χ2v) is 4.47. The maximum absolute atomic E-state index is 11.4. The highest BCUT2D eigenvalue weighted by Crippen LogP contribution is 2.38. The highest BCUT2D eigenvalue weighted by Gasteiger charge is 2.17. The fourth-order valence-electron chi connectivity index (χ4n) is 1.89. The quantitative estimate of drug-likeness (QED) is 0.817. The summed E-state index contributed by atoms with van der Waals surface area (Å²) in [5.74, 6) is -0.846. The normalized spacial score (nSPS) is 11.3. The Morgan fingerprint density at radius 1 is 1.23 bits per heavy atom. The first-order chi connectivity index (χ1) is 10.5. The largest absolute Gasteiger partial charge is 0.502 e. The molecule has 0 saturated carbocycles. The Labute approximate surface area is 126 Å². The van der Waals surface area contributed by atoms with E-state index >= 15 is 0 Å². The van der Waals surface area contributed by atoms with Crippen LogP contribution in [-0.2, 0) is 4.79 Å². The average Bonchev–Trinajstić information content (AvgIpc) is 2.91. The van der Waals surface area contributed by atoms with E-state index in [0.717, 1.165) is 0 Å². The summed E-state index contributed by atoms with van der Waals surface area (Å²) in [6.45, 7) is 1.69. The van der Waals surface area contributed by atoms with Crippen molar-refractivity contribution in [3.8, 4) is 17.2 Å². The lowest BCUT2D eigenvalue weighted by Crippen LogP contribution is -1.99. The Morgan fingerprint density at radius 3 is 2.23 bits per heavy atom. The molecule has 0 bridgehead atoms. The van der Waals surface area contributed by atoms with Crippen molar-refractivity contribution in [2.45, 2.75) is 6.92 Å². The SMILES string of the molecule is COc1cc(C=C(C(=O)O)c2cc(C)no2)cc(OC)c1O. The number of phenolic OH excluding ortho intramolecular Hbond substituents is 1. The molecule has 2 rings (SSSR count). The van der Waals surface area contributed by atoms with Crippen LogP contribution in [0.5, 0.6) is 17.2 Å². The molecule has 1 aromatic carbocycles. The molecule has 1 aromatic heterocycles. The molecule has 116 valence electrons. The molecule has 0 aliphatic heterocycles. The molecule has 0 amide bonds. The molecule has 0 saturated heterocycles. The van der Waals surface area contributed by atoms with Gasteiger partial charge in [-0.15, -0.1) is 0 Å². The van der Waals surface area contributed by atoms with Crippen molar-refractivity contribution in [3.05, 3.63) is 35.2 Å². The Hall–Kier alpha value is -2.96. The highest BCUT2D eigenvalue weighted by atomic mass is 16.5. The lowest BCUT2D eigenvalue weighted by Gasteiger charge is -2.09. The van der Waals surface area contributed by atoms with Crippen LogP contribution in [0.15, 0.2) is 22.7 Å². The molecule has 0 aliphatic carbocycles. The van der Waals surface area contributed by atoms with Crippen LogP contribution in [0.25, 0.3) is 11.6 Å². The van der Waals surface area contributed by atoms with Gasteiger partial charge in [0, 0.05) is 6.07 Å². The number of carbonyl (C=O) groups is 1. The third-order valence-electron chi connectivity index (χ3n) is 2.94. The number of benzene rings is 1. The monoisotopic (exact) mass is 305 g/mol. The van der Waals surface area contributed by atoms with Crippen LogP contribution in [0.3, 0.4) is 0 Å². The summed E-state index contributed by atoms with van der Waals surface area (Å²) < 4.78 is 15.1. The number of nitrogens with zero attached hydrogens (tertiary/aromatic N) is 1. The van der Waals surface area contributed by atoms with E-state index in [1.54, 1.807) is 6.92 Å². The number of aromatic hydroxyl groups is 1. The Morgan fingerprint density at radius 2 is 1.82 bits per heavy atom. The Balaban J connectivity index is 2.55. The molecule has 7 heteroatoms. The third-order valence-corrected chi connectivity index (χ3v) is 2.94. The van der Waals surface area contributed by atoms with Gasteiger partial charge in [-0.2, -0.15) is 0 Å². The van der Waals surface area contributed by atoms with Gasteiger partial charge in [-0.05, 0) is 30.7 Å². The molecule has 0 radical (unpaired) electrons. The molecule has 0 fully saturated rings. The van der Waals surface area contributed by atoms with E-state index in [-0.39, 0.29) is 28.6 Å². The third kappa shape index (κ3) is 3.03. The van der Waals surface area contributed by atoms with Gasteiger partial charge in [0.15, 0.2) is 17.3 Å². The first kappa shape index (κ1) is 15.4. The van der Waals surface area contributed by atoms with Gasteiger partial charge in [0.2, 0.25) is 5.75 Å². The lowest BCUT2D eigenvalue weighted by molar-refractivity contribution is -0.130. The topological polar surface area (TPSA) is 102 Å². The van der Waals surface area contributed by atoms with Gasteiger partial charge in [-0.25, -0.2) is 4.79 Å². The number of aryl methyl sites for hydroxylation is 1. The van der Waals surface area contributed by atoms with E-state index in [2.05, 4.69) is 5.16 Å². The standard InChI is InChI=1S/C15H15NO6/c1-8-4-11(22-16-8)10(15(18)19)5-9-6-12(20-2)14(17)13(7-9)21-3/h4-7,17H,1-3H3,(H,18,19). The van der Waals surface area contributed by atoms with Gasteiger partial charge in [0.1, 0.15) is 5.57 Å². The van der Waals surface area contributed by atoms with Crippen molar-refractivity contribution in [2.24, 2.45) is 0 Å². The molecule has 0 aliphatic rings. The van der Waals surface area contributed by atoms with Gasteiger partial charge < -0.3 is 24.2 Å². The van der Waals surface area contributed by atoms with Crippen molar-refractivity contribution >= 4 is 17.6 Å². The van der Waals surface area contributed by atoms with E-state index in [4.69, 9.17) is 14.0 Å². The maximum atomic E-state index is 11.4. The fourth-order valence-corrected chi connectivity index (χ4v) is 1.89. The van der Waals surface area contributed by atoms with Crippen LogP contribution in [0.2, 0.25) is 0 Å². The summed E-state index contributed by atoms with van der Waals surface area (Å²) >= 11 is 0. The van der Waals surface area contributed by atoms with E-state index < -0.39 is 5.97 Å². The number of carboxylic acid groups (broad SMARTS) is 1. The first-order valence-corrected chi connectivity index (χ1v) is 6.30. The maximum Gasteiger partial charge on any atom is 0.339 e. The minimum Gasteiger partial charge on any atom is -0.502 e. The lowest BCUT2D eigenvalue weighted by atomic mass is 10.1. The average molecular weight is 305 g/mol. The zero-order chi connectivity index (χ0) is 16.3. The molecule has 0 atom stereocenters. The predicted molar refractivity (Wildman–Crippen MR) is 78.0 cm³/mol. The van der Waals surface area contributed by atoms with E-state index in [1.807, 2.05) is 0 Å². The summed E-state index contributed by atoms with van der Waals surface area (Å²) in [4.78, 5) is 11.4. The summed E-state index contributed by atoms with van der Waals surface area (Å²) in [6.07, 6.45) is 1.38. The summed E-state index contributed by atoms with van der Waals surface area (Å²) in [5, 5.41) is 22.9. The summed E-state index contributed by atoms with van der Waals surface area (Å²) in [7, 11) is 2.78. The van der Waals surface area contributed by atoms with Crippen molar-refractivity contribution in [2.75, 3.05) is 14.2 Å². The van der Waals surface area contributed by atoms with Gasteiger partial charge in [-0.3, -0.25) is 0 Å². The van der Waals surface area contributed by atoms with Gasteiger partial charge in [-0.1, -0.05) is 5.16 Å². The number of carboxylic acids is 1. The Bertz CT molecular complexity index is 706. The first-order valence-electron chi connectivity index (χ1n) is 6.30. The van der Waals surface area contributed by atoms with Crippen molar-refractivity contribution < 1.29 is 29.0 Å². The van der Waals surface area contributed by atoms with Crippen LogP contribution in [0.1, 0.15) is 17.0 Å². The number of hydrogen-bond donors (Lipinski definition) is 2. The highest BCUT2D eigenvalue weighted by molar-refractivity contribution is 6.19. The number of rotatable bonds is 5. The van der Waals surface area contributed by atoms with Crippen LogP contribution >= 0.6 is 0 Å². The molecule has 0 spiro atoms. The minimum atomic E-state index is -1.16. The summed E-state index contributed by atoms with van der Waals surface area (Å²) in [5.41, 5.74) is 0.969. The molecule has 0 unspecified atom stereocenters. The molecule has 22 heavy (non-hydrogen) atoms. The van der Waals surface area contributed by atoms with Gasteiger partial charge in [0.05, 0.1) is 19.9 Å².